The Balaban J connectivity index is 2.58. The highest BCUT2D eigenvalue weighted by molar-refractivity contribution is 5.76. The number of aromatic nitrogens is 1. The van der Waals surface area contributed by atoms with Crippen LogP contribution in [0.3, 0.4) is 0 Å². The van der Waals surface area contributed by atoms with E-state index in [9.17, 15) is 4.79 Å². The molecule has 4 nitrogen and oxygen atoms in total. The van der Waals surface area contributed by atoms with Gasteiger partial charge in [-0.1, -0.05) is 39.8 Å². The predicted molar refractivity (Wildman–Crippen MR) is 85.1 cm³/mol. The third kappa shape index (κ3) is 5.52. The molecule has 1 aromatic rings. The van der Waals surface area contributed by atoms with Crippen molar-refractivity contribution in [2.45, 2.75) is 73.8 Å². The van der Waals surface area contributed by atoms with Crippen LogP contribution in [-0.2, 0) is 11.2 Å². The highest BCUT2D eigenvalue weighted by atomic mass is 16.5. The van der Waals surface area contributed by atoms with Crippen molar-refractivity contribution in [1.29, 1.82) is 0 Å². The molecule has 0 unspecified atom stereocenters. The molecule has 0 saturated heterocycles. The van der Waals surface area contributed by atoms with Crippen molar-refractivity contribution in [3.05, 3.63) is 17.0 Å². The molecule has 0 aliphatic heterocycles. The normalized spacial score (nSPS) is 13.5. The van der Waals surface area contributed by atoms with Crippen molar-refractivity contribution >= 4 is 5.91 Å². The highest BCUT2D eigenvalue weighted by Gasteiger charge is 2.26. The summed E-state index contributed by atoms with van der Waals surface area (Å²) in [6.45, 7) is 14.7. The van der Waals surface area contributed by atoms with Crippen LogP contribution in [0.15, 0.2) is 4.52 Å². The van der Waals surface area contributed by atoms with Gasteiger partial charge in [-0.3, -0.25) is 4.79 Å². The van der Waals surface area contributed by atoms with E-state index in [2.05, 4.69) is 45.1 Å². The summed E-state index contributed by atoms with van der Waals surface area (Å²) in [7, 11) is 0. The van der Waals surface area contributed by atoms with Crippen molar-refractivity contribution in [2.24, 2.45) is 11.3 Å². The lowest BCUT2D eigenvalue weighted by Gasteiger charge is -2.33. The third-order valence-corrected chi connectivity index (χ3v) is 3.87. The first-order valence-electron chi connectivity index (χ1n) is 7.82. The smallest absolute Gasteiger partial charge is 0.220 e. The van der Waals surface area contributed by atoms with Crippen molar-refractivity contribution in [1.82, 2.24) is 10.5 Å². The second-order valence-electron chi connectivity index (χ2n) is 7.42. The van der Waals surface area contributed by atoms with Crippen LogP contribution >= 0.6 is 0 Å². The van der Waals surface area contributed by atoms with Gasteiger partial charge in [-0.15, -0.1) is 0 Å². The summed E-state index contributed by atoms with van der Waals surface area (Å²) >= 11 is 0. The molecular weight excluding hydrogens is 264 g/mol. The number of amides is 1. The number of hydrogen-bond donors (Lipinski definition) is 1. The lowest BCUT2D eigenvalue weighted by atomic mass is 9.82. The van der Waals surface area contributed by atoms with Crippen LogP contribution in [0.2, 0.25) is 0 Å². The SMILES string of the molecule is Cc1noc(C)c1CCC(=O)N[C@H](CC(C)C)C(C)(C)C. The number of rotatable bonds is 6. The summed E-state index contributed by atoms with van der Waals surface area (Å²) in [5.41, 5.74) is 2.01. The Hall–Kier alpha value is -1.32. The van der Waals surface area contributed by atoms with Gasteiger partial charge < -0.3 is 9.84 Å². The largest absolute Gasteiger partial charge is 0.361 e. The van der Waals surface area contributed by atoms with Crippen LogP contribution < -0.4 is 5.32 Å². The summed E-state index contributed by atoms with van der Waals surface area (Å²) in [6, 6.07) is 0.203. The molecule has 0 fully saturated rings. The molecule has 0 saturated carbocycles. The summed E-state index contributed by atoms with van der Waals surface area (Å²) in [4.78, 5) is 12.2. The number of carbonyl (C=O) groups is 1. The van der Waals surface area contributed by atoms with Gasteiger partial charge in [0.25, 0.3) is 0 Å². The van der Waals surface area contributed by atoms with Crippen molar-refractivity contribution in [3.8, 4) is 0 Å². The molecule has 1 heterocycles. The number of aryl methyl sites for hydroxylation is 2. The number of nitrogens with zero attached hydrogens (tertiary/aromatic N) is 1. The van der Waals surface area contributed by atoms with Crippen LogP contribution in [0.5, 0.6) is 0 Å². The first kappa shape index (κ1) is 17.7. The van der Waals surface area contributed by atoms with E-state index in [0.29, 0.717) is 18.8 Å². The molecule has 0 bridgehead atoms. The van der Waals surface area contributed by atoms with E-state index in [-0.39, 0.29) is 17.4 Å². The standard InChI is InChI=1S/C17H30N2O2/c1-11(2)10-15(17(5,6)7)18-16(20)9-8-14-12(3)19-21-13(14)4/h11,15H,8-10H2,1-7H3,(H,18,20)/t15-/m1/s1. The first-order valence-corrected chi connectivity index (χ1v) is 7.82. The Kier molecular flexibility index (Phi) is 5.99. The Morgan fingerprint density at radius 3 is 2.33 bits per heavy atom. The fourth-order valence-electron chi connectivity index (χ4n) is 2.46. The Morgan fingerprint density at radius 1 is 1.29 bits per heavy atom. The van der Waals surface area contributed by atoms with Gasteiger partial charge in [0, 0.05) is 18.0 Å². The van der Waals surface area contributed by atoms with Gasteiger partial charge in [-0.25, -0.2) is 0 Å². The van der Waals surface area contributed by atoms with Crippen molar-refractivity contribution < 1.29 is 9.32 Å². The molecule has 1 atom stereocenters. The van der Waals surface area contributed by atoms with Crippen molar-refractivity contribution in [3.63, 3.8) is 0 Å². The van der Waals surface area contributed by atoms with Gasteiger partial charge >= 0.3 is 0 Å². The van der Waals surface area contributed by atoms with E-state index >= 15 is 0 Å². The minimum Gasteiger partial charge on any atom is -0.361 e. The minimum atomic E-state index is 0.0724. The Labute approximate surface area is 128 Å². The lowest BCUT2D eigenvalue weighted by Crippen LogP contribution is -2.44. The average molecular weight is 294 g/mol. The number of carbonyl (C=O) groups excluding carboxylic acids is 1. The molecule has 120 valence electrons. The average Bonchev–Trinajstić information content (AvgIpc) is 2.64. The molecule has 1 amide bonds. The van der Waals surface area contributed by atoms with Gasteiger partial charge in [0.2, 0.25) is 5.91 Å². The molecule has 0 radical (unpaired) electrons. The second kappa shape index (κ2) is 7.10. The minimum absolute atomic E-state index is 0.0724. The van der Waals surface area contributed by atoms with Gasteiger partial charge in [0.15, 0.2) is 0 Å². The fourth-order valence-corrected chi connectivity index (χ4v) is 2.46. The van der Waals surface area contributed by atoms with Gasteiger partial charge in [0.1, 0.15) is 5.76 Å². The molecule has 4 heteroatoms. The van der Waals surface area contributed by atoms with E-state index in [0.717, 1.165) is 23.4 Å². The second-order valence-corrected chi connectivity index (χ2v) is 7.42. The quantitative estimate of drug-likeness (QED) is 0.868. The summed E-state index contributed by atoms with van der Waals surface area (Å²) < 4.78 is 5.13. The maximum atomic E-state index is 12.2. The van der Waals surface area contributed by atoms with E-state index < -0.39 is 0 Å². The maximum absolute atomic E-state index is 12.2. The van der Waals surface area contributed by atoms with E-state index in [1.54, 1.807) is 0 Å². The van der Waals surface area contributed by atoms with Crippen LogP contribution in [0.1, 0.15) is 64.5 Å². The summed E-state index contributed by atoms with van der Waals surface area (Å²) in [5, 5.41) is 7.13. The first-order chi connectivity index (χ1) is 9.61. The Morgan fingerprint density at radius 2 is 1.90 bits per heavy atom. The molecule has 21 heavy (non-hydrogen) atoms. The maximum Gasteiger partial charge on any atom is 0.220 e. The monoisotopic (exact) mass is 294 g/mol. The van der Waals surface area contributed by atoms with E-state index in [1.807, 2.05) is 13.8 Å². The van der Waals surface area contributed by atoms with Crippen LogP contribution in [0.25, 0.3) is 0 Å². The van der Waals surface area contributed by atoms with Gasteiger partial charge in [-0.2, -0.15) is 0 Å². The number of hydrogen-bond acceptors (Lipinski definition) is 3. The van der Waals surface area contributed by atoms with E-state index in [1.165, 1.54) is 0 Å². The van der Waals surface area contributed by atoms with Gasteiger partial charge in [0.05, 0.1) is 5.69 Å². The zero-order valence-electron chi connectivity index (χ0n) is 14.5. The molecule has 1 N–H and O–H groups in total. The van der Waals surface area contributed by atoms with Crippen LogP contribution in [0.4, 0.5) is 0 Å². The molecule has 0 aromatic carbocycles. The number of nitrogens with one attached hydrogen (secondary N) is 1. The molecule has 1 rings (SSSR count). The molecule has 1 aromatic heterocycles. The molecule has 0 aliphatic rings. The topological polar surface area (TPSA) is 55.1 Å². The van der Waals surface area contributed by atoms with Crippen LogP contribution in [-0.4, -0.2) is 17.1 Å². The summed E-state index contributed by atoms with van der Waals surface area (Å²) in [5.74, 6) is 1.49. The fraction of sp³-hybridized carbons (Fsp3) is 0.765. The highest BCUT2D eigenvalue weighted by Crippen LogP contribution is 2.25. The van der Waals surface area contributed by atoms with Crippen molar-refractivity contribution in [2.75, 3.05) is 0 Å². The third-order valence-electron chi connectivity index (χ3n) is 3.87. The predicted octanol–water partition coefficient (Wildman–Crippen LogP) is 3.80. The zero-order chi connectivity index (χ0) is 16.2. The molecule has 0 spiro atoms. The summed E-state index contributed by atoms with van der Waals surface area (Å²) in [6.07, 6.45) is 2.17. The van der Waals surface area contributed by atoms with Gasteiger partial charge in [-0.05, 0) is 38.0 Å². The van der Waals surface area contributed by atoms with Crippen LogP contribution in [0, 0.1) is 25.2 Å². The Bertz CT molecular complexity index is 450. The van der Waals surface area contributed by atoms with E-state index in [4.69, 9.17) is 4.52 Å². The lowest BCUT2D eigenvalue weighted by molar-refractivity contribution is -0.122. The molecular formula is C17H30N2O2. The zero-order valence-corrected chi connectivity index (χ0v) is 14.5. The molecule has 0 aliphatic carbocycles.